The molecule has 2 N–H and O–H groups in total. The summed E-state index contributed by atoms with van der Waals surface area (Å²) in [7, 11) is 0.381. The summed E-state index contributed by atoms with van der Waals surface area (Å²) in [5.41, 5.74) is 0.539. The van der Waals surface area contributed by atoms with Crippen molar-refractivity contribution in [2.75, 3.05) is 20.7 Å². The summed E-state index contributed by atoms with van der Waals surface area (Å²) in [6.45, 7) is 2.16. The maximum Gasteiger partial charge on any atom is 0.340 e. The van der Waals surface area contributed by atoms with Gasteiger partial charge in [-0.1, -0.05) is 6.92 Å². The van der Waals surface area contributed by atoms with E-state index in [2.05, 4.69) is 14.9 Å². The molecule has 2 aromatic heterocycles. The van der Waals surface area contributed by atoms with E-state index in [1.54, 1.807) is 12.1 Å². The fourth-order valence-corrected chi connectivity index (χ4v) is 6.22. The minimum atomic E-state index is -3.55. The Labute approximate surface area is 180 Å². The second-order valence-corrected chi connectivity index (χ2v) is 10.6. The number of aromatic amines is 2. The van der Waals surface area contributed by atoms with Crippen LogP contribution in [0.4, 0.5) is 0 Å². The molecule has 1 saturated carbocycles. The summed E-state index contributed by atoms with van der Waals surface area (Å²) in [4.78, 5) is 32.9. The number of carbonyl (C=O) groups is 1. The van der Waals surface area contributed by atoms with Gasteiger partial charge in [0.25, 0.3) is 5.56 Å². The lowest BCUT2D eigenvalue weighted by atomic mass is 10.1. The van der Waals surface area contributed by atoms with Crippen LogP contribution in [0.25, 0.3) is 21.8 Å². The Morgan fingerprint density at radius 1 is 1.26 bits per heavy atom. The summed E-state index contributed by atoms with van der Waals surface area (Å²) in [5, 5.41) is 0.438. The predicted octanol–water partition coefficient (Wildman–Crippen LogP) is 2.83. The van der Waals surface area contributed by atoms with E-state index in [1.807, 2.05) is 21.0 Å². The van der Waals surface area contributed by atoms with Gasteiger partial charge in [0.15, 0.2) is 9.84 Å². The molecule has 1 aliphatic carbocycles. The second kappa shape index (κ2) is 8.12. The predicted molar refractivity (Wildman–Crippen MR) is 119 cm³/mol. The third-order valence-corrected chi connectivity index (χ3v) is 8.34. The van der Waals surface area contributed by atoms with E-state index in [0.29, 0.717) is 35.6 Å². The summed E-state index contributed by atoms with van der Waals surface area (Å²) >= 11 is 0. The number of benzene rings is 1. The standard InChI is InChI=1S/C22H27N3O5S/c1-4-9-30-22(27)17-12-23-20-19(17)16-11-15(7-8-18(16)24-21(20)26)31(28,29)14-6-5-13(10-14)25(2)3/h7-8,11-14,23H,4-6,9-10H2,1-3H3,(H,24,26)/t13?,14-/m0/s1. The zero-order valence-electron chi connectivity index (χ0n) is 17.9. The smallest absolute Gasteiger partial charge is 0.340 e. The number of ether oxygens (including phenoxy) is 1. The summed E-state index contributed by atoms with van der Waals surface area (Å²) in [5.74, 6) is -0.544. The van der Waals surface area contributed by atoms with E-state index in [4.69, 9.17) is 4.74 Å². The molecule has 166 valence electrons. The van der Waals surface area contributed by atoms with Crippen molar-refractivity contribution in [3.8, 4) is 0 Å². The van der Waals surface area contributed by atoms with Gasteiger partial charge in [-0.25, -0.2) is 13.2 Å². The maximum atomic E-state index is 13.4. The lowest BCUT2D eigenvalue weighted by Crippen LogP contribution is -2.27. The van der Waals surface area contributed by atoms with Crippen molar-refractivity contribution in [2.45, 2.75) is 48.8 Å². The third-order valence-electron chi connectivity index (χ3n) is 6.13. The van der Waals surface area contributed by atoms with Crippen LogP contribution in [0.15, 0.2) is 34.1 Å². The average molecular weight is 446 g/mol. The molecule has 1 aromatic carbocycles. The Hall–Kier alpha value is -2.65. The highest BCUT2D eigenvalue weighted by Crippen LogP contribution is 2.34. The maximum absolute atomic E-state index is 13.4. The number of nitrogens with zero attached hydrogens (tertiary/aromatic N) is 1. The molecule has 1 unspecified atom stereocenters. The molecule has 3 aromatic rings. The highest BCUT2D eigenvalue weighted by atomic mass is 32.2. The van der Waals surface area contributed by atoms with Crippen molar-refractivity contribution in [1.82, 2.24) is 14.9 Å². The van der Waals surface area contributed by atoms with E-state index in [0.717, 1.165) is 6.42 Å². The number of hydrogen-bond acceptors (Lipinski definition) is 6. The van der Waals surface area contributed by atoms with Gasteiger partial charge in [-0.3, -0.25) is 4.79 Å². The van der Waals surface area contributed by atoms with Crippen LogP contribution >= 0.6 is 0 Å². The zero-order chi connectivity index (χ0) is 22.3. The number of nitrogens with one attached hydrogen (secondary N) is 2. The number of esters is 1. The molecule has 4 rings (SSSR count). The van der Waals surface area contributed by atoms with Crippen molar-refractivity contribution in [1.29, 1.82) is 0 Å². The Bertz CT molecular complexity index is 1310. The molecule has 0 bridgehead atoms. The zero-order valence-corrected chi connectivity index (χ0v) is 18.7. The first-order chi connectivity index (χ1) is 14.7. The van der Waals surface area contributed by atoms with Gasteiger partial charge < -0.3 is 19.6 Å². The Morgan fingerprint density at radius 2 is 2.03 bits per heavy atom. The SMILES string of the molecule is CCCOC(=O)c1c[nH]c2c(=O)[nH]c3ccc(S(=O)(=O)[C@H]4CCC(N(C)C)C4)cc3c12. The van der Waals surface area contributed by atoms with Crippen LogP contribution in [0.1, 0.15) is 43.0 Å². The number of carbonyl (C=O) groups excluding carboxylic acids is 1. The Morgan fingerprint density at radius 3 is 2.71 bits per heavy atom. The average Bonchev–Trinajstić information content (AvgIpc) is 3.40. The molecule has 2 heterocycles. The van der Waals surface area contributed by atoms with Gasteiger partial charge in [-0.05, 0) is 58.0 Å². The molecule has 0 radical (unpaired) electrons. The first-order valence-corrected chi connectivity index (χ1v) is 12.0. The van der Waals surface area contributed by atoms with E-state index < -0.39 is 21.1 Å². The van der Waals surface area contributed by atoms with Gasteiger partial charge in [0.2, 0.25) is 0 Å². The molecule has 1 fully saturated rings. The second-order valence-electron chi connectivity index (χ2n) is 8.35. The highest BCUT2D eigenvalue weighted by Gasteiger charge is 2.36. The van der Waals surface area contributed by atoms with Crippen LogP contribution in [-0.4, -0.2) is 61.2 Å². The number of pyridine rings is 1. The monoisotopic (exact) mass is 445 g/mol. The van der Waals surface area contributed by atoms with E-state index in [1.165, 1.54) is 12.3 Å². The van der Waals surface area contributed by atoms with Crippen molar-refractivity contribution in [3.63, 3.8) is 0 Å². The van der Waals surface area contributed by atoms with Crippen LogP contribution in [0.2, 0.25) is 0 Å². The first-order valence-electron chi connectivity index (χ1n) is 10.5. The van der Waals surface area contributed by atoms with Gasteiger partial charge >= 0.3 is 5.97 Å². The molecule has 9 heteroatoms. The summed E-state index contributed by atoms with van der Waals surface area (Å²) in [6, 6.07) is 4.93. The number of sulfone groups is 1. The number of hydrogen-bond donors (Lipinski definition) is 2. The summed E-state index contributed by atoms with van der Waals surface area (Å²) < 4.78 is 32.0. The van der Waals surface area contributed by atoms with Crippen LogP contribution in [0, 0.1) is 0 Å². The van der Waals surface area contributed by atoms with Gasteiger partial charge in [-0.2, -0.15) is 0 Å². The van der Waals surface area contributed by atoms with Crippen molar-refractivity contribution < 1.29 is 17.9 Å². The van der Waals surface area contributed by atoms with E-state index in [9.17, 15) is 18.0 Å². The van der Waals surface area contributed by atoms with Crippen molar-refractivity contribution in [2.24, 2.45) is 0 Å². The van der Waals surface area contributed by atoms with Crippen LogP contribution in [0.3, 0.4) is 0 Å². The molecule has 8 nitrogen and oxygen atoms in total. The van der Waals surface area contributed by atoms with Crippen LogP contribution in [0.5, 0.6) is 0 Å². The molecule has 1 aliphatic rings. The molecule has 0 saturated heterocycles. The highest BCUT2D eigenvalue weighted by molar-refractivity contribution is 7.92. The fraction of sp³-hybridized carbons (Fsp3) is 0.455. The summed E-state index contributed by atoms with van der Waals surface area (Å²) in [6.07, 6.45) is 4.16. The van der Waals surface area contributed by atoms with Crippen LogP contribution in [-0.2, 0) is 14.6 Å². The minimum Gasteiger partial charge on any atom is -0.462 e. The Balaban J connectivity index is 1.84. The number of H-pyrrole nitrogens is 2. The molecule has 0 amide bonds. The lowest BCUT2D eigenvalue weighted by molar-refractivity contribution is 0.0507. The molecule has 0 aliphatic heterocycles. The number of rotatable bonds is 6. The topological polar surface area (TPSA) is 112 Å². The fourth-order valence-electron chi connectivity index (χ4n) is 4.38. The van der Waals surface area contributed by atoms with Gasteiger partial charge in [-0.15, -0.1) is 0 Å². The Kier molecular flexibility index (Phi) is 5.65. The van der Waals surface area contributed by atoms with E-state index in [-0.39, 0.29) is 34.2 Å². The van der Waals surface area contributed by atoms with Crippen molar-refractivity contribution >= 4 is 37.6 Å². The molecular formula is C22H27N3O5S. The minimum absolute atomic E-state index is 0.201. The number of aromatic nitrogens is 2. The van der Waals surface area contributed by atoms with Gasteiger partial charge in [0.1, 0.15) is 5.52 Å². The molecule has 2 atom stereocenters. The normalized spacial score (nSPS) is 19.5. The lowest BCUT2D eigenvalue weighted by Gasteiger charge is -2.19. The van der Waals surface area contributed by atoms with Gasteiger partial charge in [0.05, 0.1) is 22.3 Å². The first kappa shape index (κ1) is 21.6. The molecular weight excluding hydrogens is 418 g/mol. The molecule has 31 heavy (non-hydrogen) atoms. The van der Waals surface area contributed by atoms with Crippen LogP contribution < -0.4 is 5.56 Å². The third kappa shape index (κ3) is 3.76. The largest absolute Gasteiger partial charge is 0.462 e. The van der Waals surface area contributed by atoms with Crippen molar-refractivity contribution in [3.05, 3.63) is 40.3 Å². The molecule has 0 spiro atoms. The quantitative estimate of drug-likeness (QED) is 0.564. The van der Waals surface area contributed by atoms with Gasteiger partial charge in [0, 0.05) is 28.5 Å². The van der Waals surface area contributed by atoms with E-state index >= 15 is 0 Å². The number of fused-ring (bicyclic) bond motifs is 3.